The molecule has 3 aromatic rings. The lowest BCUT2D eigenvalue weighted by molar-refractivity contribution is 0.242. The molecule has 1 aliphatic rings. The van der Waals surface area contributed by atoms with Crippen LogP contribution in [0.3, 0.4) is 0 Å². The molecule has 4 rings (SSSR count). The maximum Gasteiger partial charge on any atom is 0.161 e. The van der Waals surface area contributed by atoms with Crippen LogP contribution in [0.15, 0.2) is 72.8 Å². The Morgan fingerprint density at radius 2 is 1.48 bits per heavy atom. The van der Waals surface area contributed by atoms with E-state index in [0.717, 1.165) is 43.1 Å². The summed E-state index contributed by atoms with van der Waals surface area (Å²) in [6, 6.07) is 25.2. The minimum absolute atomic E-state index is 0.552. The molecule has 0 radical (unpaired) electrons. The zero-order valence-electron chi connectivity index (χ0n) is 15.7. The van der Waals surface area contributed by atoms with E-state index in [1.807, 2.05) is 18.2 Å². The summed E-state index contributed by atoms with van der Waals surface area (Å²) in [5, 5.41) is 0. The predicted octanol–water partition coefficient (Wildman–Crippen LogP) is 4.83. The van der Waals surface area contributed by atoms with Gasteiger partial charge in [-0.15, -0.1) is 0 Å². The second kappa shape index (κ2) is 8.28. The van der Waals surface area contributed by atoms with Crippen LogP contribution in [0.25, 0.3) is 0 Å². The summed E-state index contributed by atoms with van der Waals surface area (Å²) in [6.07, 6.45) is 1.04. The van der Waals surface area contributed by atoms with Gasteiger partial charge in [-0.05, 0) is 40.8 Å². The molecule has 0 saturated heterocycles. The van der Waals surface area contributed by atoms with Crippen LogP contribution in [0.2, 0.25) is 0 Å². The molecule has 27 heavy (non-hydrogen) atoms. The zero-order valence-corrected chi connectivity index (χ0v) is 15.7. The molecule has 1 heterocycles. The summed E-state index contributed by atoms with van der Waals surface area (Å²) in [6.45, 7) is 3.54. The lowest BCUT2D eigenvalue weighted by Crippen LogP contribution is -2.30. The van der Waals surface area contributed by atoms with E-state index in [1.54, 1.807) is 7.11 Å². The van der Waals surface area contributed by atoms with Crippen molar-refractivity contribution < 1.29 is 9.47 Å². The average Bonchev–Trinajstić information content (AvgIpc) is 2.73. The SMILES string of the molecule is COc1cc2c(cc1OCc1ccccc1)CCN(Cc1ccccc1)C2. The Morgan fingerprint density at radius 3 is 2.19 bits per heavy atom. The van der Waals surface area contributed by atoms with Crippen molar-refractivity contribution in [1.82, 2.24) is 4.90 Å². The van der Waals surface area contributed by atoms with Gasteiger partial charge in [0, 0.05) is 19.6 Å². The van der Waals surface area contributed by atoms with Crippen molar-refractivity contribution in [3.8, 4) is 11.5 Å². The third-order valence-electron chi connectivity index (χ3n) is 5.06. The molecule has 0 aliphatic carbocycles. The summed E-state index contributed by atoms with van der Waals surface area (Å²) in [7, 11) is 1.71. The fraction of sp³-hybridized carbons (Fsp3) is 0.250. The van der Waals surface area contributed by atoms with Crippen LogP contribution in [-0.4, -0.2) is 18.6 Å². The molecule has 3 heteroatoms. The molecule has 0 unspecified atom stereocenters. The van der Waals surface area contributed by atoms with Crippen molar-refractivity contribution in [1.29, 1.82) is 0 Å². The van der Waals surface area contributed by atoms with Gasteiger partial charge in [0.2, 0.25) is 0 Å². The lowest BCUT2D eigenvalue weighted by Gasteiger charge is -2.29. The first kappa shape index (κ1) is 17.6. The van der Waals surface area contributed by atoms with E-state index < -0.39 is 0 Å². The van der Waals surface area contributed by atoms with Crippen molar-refractivity contribution in [3.63, 3.8) is 0 Å². The van der Waals surface area contributed by atoms with Gasteiger partial charge in [-0.25, -0.2) is 0 Å². The monoisotopic (exact) mass is 359 g/mol. The Kier molecular flexibility index (Phi) is 5.40. The molecule has 3 aromatic carbocycles. The minimum Gasteiger partial charge on any atom is -0.493 e. The third-order valence-corrected chi connectivity index (χ3v) is 5.06. The van der Waals surface area contributed by atoms with Crippen LogP contribution >= 0.6 is 0 Å². The number of nitrogens with zero attached hydrogens (tertiary/aromatic N) is 1. The van der Waals surface area contributed by atoms with Crippen LogP contribution in [0.4, 0.5) is 0 Å². The number of rotatable bonds is 6. The van der Waals surface area contributed by atoms with E-state index in [4.69, 9.17) is 9.47 Å². The standard InChI is InChI=1S/C24H25NO2/c1-26-23-15-22-17-25(16-19-8-4-2-5-9-19)13-12-21(22)14-24(23)27-18-20-10-6-3-7-11-20/h2-11,14-15H,12-13,16-18H2,1H3. The normalized spacial score (nSPS) is 13.8. The maximum atomic E-state index is 6.06. The van der Waals surface area contributed by atoms with Gasteiger partial charge >= 0.3 is 0 Å². The molecule has 0 fully saturated rings. The highest BCUT2D eigenvalue weighted by molar-refractivity contribution is 5.48. The Morgan fingerprint density at radius 1 is 0.815 bits per heavy atom. The first-order valence-corrected chi connectivity index (χ1v) is 9.44. The van der Waals surface area contributed by atoms with Gasteiger partial charge in [-0.1, -0.05) is 60.7 Å². The van der Waals surface area contributed by atoms with Crippen molar-refractivity contribution in [2.75, 3.05) is 13.7 Å². The van der Waals surface area contributed by atoms with Crippen molar-refractivity contribution in [2.24, 2.45) is 0 Å². The maximum absolute atomic E-state index is 6.06. The van der Waals surface area contributed by atoms with E-state index >= 15 is 0 Å². The predicted molar refractivity (Wildman–Crippen MR) is 108 cm³/mol. The van der Waals surface area contributed by atoms with Gasteiger partial charge in [0.15, 0.2) is 11.5 Å². The average molecular weight is 359 g/mol. The number of hydrogen-bond acceptors (Lipinski definition) is 3. The number of methoxy groups -OCH3 is 1. The van der Waals surface area contributed by atoms with Crippen LogP contribution in [0, 0.1) is 0 Å². The van der Waals surface area contributed by atoms with E-state index in [2.05, 4.69) is 59.5 Å². The molecule has 138 valence electrons. The number of hydrogen-bond donors (Lipinski definition) is 0. The first-order valence-electron chi connectivity index (χ1n) is 9.44. The molecule has 0 bridgehead atoms. The highest BCUT2D eigenvalue weighted by Crippen LogP contribution is 2.34. The zero-order chi connectivity index (χ0) is 18.5. The molecular formula is C24H25NO2. The molecular weight excluding hydrogens is 334 g/mol. The van der Waals surface area contributed by atoms with Crippen LogP contribution in [-0.2, 0) is 26.1 Å². The molecule has 1 aliphatic heterocycles. The Bertz CT molecular complexity index is 878. The molecule has 0 N–H and O–H groups in total. The summed E-state index contributed by atoms with van der Waals surface area (Å²) < 4.78 is 11.7. The number of fused-ring (bicyclic) bond motifs is 1. The van der Waals surface area contributed by atoms with Crippen molar-refractivity contribution in [3.05, 3.63) is 95.1 Å². The van der Waals surface area contributed by atoms with Crippen LogP contribution < -0.4 is 9.47 Å². The Labute approximate surface area is 161 Å². The van der Waals surface area contributed by atoms with Gasteiger partial charge in [0.25, 0.3) is 0 Å². The van der Waals surface area contributed by atoms with Gasteiger partial charge < -0.3 is 9.47 Å². The van der Waals surface area contributed by atoms with Gasteiger partial charge in [-0.2, -0.15) is 0 Å². The minimum atomic E-state index is 0.552. The van der Waals surface area contributed by atoms with Crippen molar-refractivity contribution in [2.45, 2.75) is 26.1 Å². The molecule has 0 atom stereocenters. The van der Waals surface area contributed by atoms with E-state index in [9.17, 15) is 0 Å². The smallest absolute Gasteiger partial charge is 0.161 e. The largest absolute Gasteiger partial charge is 0.493 e. The highest BCUT2D eigenvalue weighted by Gasteiger charge is 2.19. The summed E-state index contributed by atoms with van der Waals surface area (Å²) in [4.78, 5) is 2.49. The molecule has 0 saturated carbocycles. The molecule has 3 nitrogen and oxygen atoms in total. The Balaban J connectivity index is 1.48. The molecule has 0 aromatic heterocycles. The number of ether oxygens (including phenoxy) is 2. The topological polar surface area (TPSA) is 21.7 Å². The lowest BCUT2D eigenvalue weighted by atomic mass is 9.98. The Hall–Kier alpha value is -2.78. The fourth-order valence-corrected chi connectivity index (χ4v) is 3.61. The summed E-state index contributed by atoms with van der Waals surface area (Å²) >= 11 is 0. The first-order chi connectivity index (χ1) is 13.3. The number of benzene rings is 3. The van der Waals surface area contributed by atoms with Gasteiger partial charge in [-0.3, -0.25) is 4.90 Å². The summed E-state index contributed by atoms with van der Waals surface area (Å²) in [5.74, 6) is 1.64. The third kappa shape index (κ3) is 4.32. The quantitative estimate of drug-likeness (QED) is 0.629. The van der Waals surface area contributed by atoms with Crippen LogP contribution in [0.5, 0.6) is 11.5 Å². The van der Waals surface area contributed by atoms with Crippen LogP contribution in [0.1, 0.15) is 22.3 Å². The summed E-state index contributed by atoms with van der Waals surface area (Å²) in [5.41, 5.74) is 5.21. The fourth-order valence-electron chi connectivity index (χ4n) is 3.61. The molecule has 0 spiro atoms. The van der Waals surface area contributed by atoms with E-state index in [-0.39, 0.29) is 0 Å². The van der Waals surface area contributed by atoms with Gasteiger partial charge in [0.1, 0.15) is 6.61 Å². The second-order valence-electron chi connectivity index (χ2n) is 6.99. The van der Waals surface area contributed by atoms with Crippen molar-refractivity contribution >= 4 is 0 Å². The van der Waals surface area contributed by atoms with E-state index in [0.29, 0.717) is 6.61 Å². The highest BCUT2D eigenvalue weighted by atomic mass is 16.5. The second-order valence-corrected chi connectivity index (χ2v) is 6.99. The molecule has 0 amide bonds. The van der Waals surface area contributed by atoms with Gasteiger partial charge in [0.05, 0.1) is 7.11 Å². The van der Waals surface area contributed by atoms with E-state index in [1.165, 1.54) is 16.7 Å².